The maximum atomic E-state index is 12.0. The number of amides is 1. The Morgan fingerprint density at radius 1 is 1.39 bits per heavy atom. The van der Waals surface area contributed by atoms with E-state index in [0.717, 1.165) is 43.3 Å². The molecule has 0 bridgehead atoms. The minimum absolute atomic E-state index is 0.0615. The van der Waals surface area contributed by atoms with Gasteiger partial charge in [-0.3, -0.25) is 9.78 Å². The van der Waals surface area contributed by atoms with Crippen LogP contribution in [0, 0.1) is 13.8 Å². The molecule has 1 fully saturated rings. The fraction of sp³-hybridized carbons (Fsp3) is 0.538. The Balaban J connectivity index is 2.45. The van der Waals surface area contributed by atoms with E-state index in [0.29, 0.717) is 5.56 Å². The van der Waals surface area contributed by atoms with Gasteiger partial charge in [0.15, 0.2) is 0 Å². The summed E-state index contributed by atoms with van der Waals surface area (Å²) < 4.78 is 0. The molecular formula is C13H20N4O. The van der Waals surface area contributed by atoms with Crippen molar-refractivity contribution in [3.8, 4) is 0 Å². The first kappa shape index (κ1) is 12.8. The van der Waals surface area contributed by atoms with E-state index in [1.165, 1.54) is 0 Å². The van der Waals surface area contributed by atoms with Gasteiger partial charge in [0.2, 0.25) is 0 Å². The first-order valence-corrected chi connectivity index (χ1v) is 6.29. The molecule has 0 spiro atoms. The highest BCUT2D eigenvalue weighted by molar-refractivity contribution is 6.00. The minimum atomic E-state index is -0.0615. The minimum Gasteiger partial charge on any atom is -0.368 e. The fourth-order valence-electron chi connectivity index (χ4n) is 2.37. The number of rotatable bonds is 2. The Kier molecular flexibility index (Phi) is 3.81. The molecule has 5 nitrogen and oxygen atoms in total. The Hall–Kier alpha value is -1.62. The van der Waals surface area contributed by atoms with Crippen molar-refractivity contribution in [2.45, 2.75) is 13.8 Å². The number of hydrogen-bond donors (Lipinski definition) is 2. The summed E-state index contributed by atoms with van der Waals surface area (Å²) >= 11 is 0. The van der Waals surface area contributed by atoms with E-state index in [4.69, 9.17) is 0 Å². The molecule has 0 unspecified atom stereocenters. The van der Waals surface area contributed by atoms with Crippen molar-refractivity contribution in [2.75, 3.05) is 38.1 Å². The van der Waals surface area contributed by atoms with Crippen molar-refractivity contribution in [3.05, 3.63) is 23.0 Å². The van der Waals surface area contributed by atoms with Crippen LogP contribution in [0.25, 0.3) is 0 Å². The molecule has 2 rings (SSSR count). The Morgan fingerprint density at radius 2 is 2.06 bits per heavy atom. The van der Waals surface area contributed by atoms with Crippen molar-refractivity contribution < 1.29 is 4.79 Å². The van der Waals surface area contributed by atoms with Crippen molar-refractivity contribution in [2.24, 2.45) is 0 Å². The van der Waals surface area contributed by atoms with Gasteiger partial charge < -0.3 is 15.5 Å². The molecule has 1 aromatic heterocycles. The summed E-state index contributed by atoms with van der Waals surface area (Å²) in [6.07, 6.45) is 0. The molecule has 5 heteroatoms. The number of pyridine rings is 1. The van der Waals surface area contributed by atoms with Gasteiger partial charge in [-0.1, -0.05) is 0 Å². The van der Waals surface area contributed by atoms with E-state index >= 15 is 0 Å². The Labute approximate surface area is 108 Å². The van der Waals surface area contributed by atoms with Crippen molar-refractivity contribution in [1.29, 1.82) is 0 Å². The predicted molar refractivity (Wildman–Crippen MR) is 72.2 cm³/mol. The predicted octanol–water partition coefficient (Wildman–Crippen LogP) is 0.468. The Morgan fingerprint density at radius 3 is 2.67 bits per heavy atom. The molecule has 98 valence electrons. The van der Waals surface area contributed by atoms with Gasteiger partial charge in [-0.15, -0.1) is 0 Å². The number of nitrogens with zero attached hydrogens (tertiary/aromatic N) is 2. The zero-order valence-corrected chi connectivity index (χ0v) is 11.2. The molecule has 0 radical (unpaired) electrons. The molecule has 1 saturated heterocycles. The lowest BCUT2D eigenvalue weighted by atomic mass is 10.1. The number of nitrogens with one attached hydrogen (secondary N) is 2. The van der Waals surface area contributed by atoms with Gasteiger partial charge in [-0.25, -0.2) is 0 Å². The van der Waals surface area contributed by atoms with Crippen molar-refractivity contribution in [3.63, 3.8) is 0 Å². The zero-order valence-electron chi connectivity index (χ0n) is 11.2. The van der Waals surface area contributed by atoms with Crippen LogP contribution in [0.3, 0.4) is 0 Å². The number of piperazine rings is 1. The molecular weight excluding hydrogens is 228 g/mol. The molecule has 0 atom stereocenters. The quantitative estimate of drug-likeness (QED) is 0.799. The first-order valence-electron chi connectivity index (χ1n) is 6.29. The average molecular weight is 248 g/mol. The zero-order chi connectivity index (χ0) is 13.1. The summed E-state index contributed by atoms with van der Waals surface area (Å²) in [7, 11) is 1.66. The maximum Gasteiger partial charge on any atom is 0.254 e. The highest BCUT2D eigenvalue weighted by Crippen LogP contribution is 2.24. The smallest absolute Gasteiger partial charge is 0.254 e. The van der Waals surface area contributed by atoms with E-state index in [1.807, 2.05) is 19.9 Å². The number of carbonyl (C=O) groups excluding carboxylic acids is 1. The van der Waals surface area contributed by atoms with Crippen molar-refractivity contribution in [1.82, 2.24) is 15.6 Å². The third-order valence-electron chi connectivity index (χ3n) is 3.22. The van der Waals surface area contributed by atoms with E-state index < -0.39 is 0 Å². The van der Waals surface area contributed by atoms with E-state index in [2.05, 4.69) is 20.5 Å². The number of aryl methyl sites for hydroxylation is 2. The molecule has 1 aromatic rings. The molecule has 18 heavy (non-hydrogen) atoms. The summed E-state index contributed by atoms with van der Waals surface area (Å²) in [4.78, 5) is 18.7. The lowest BCUT2D eigenvalue weighted by Gasteiger charge is -2.31. The lowest BCUT2D eigenvalue weighted by Crippen LogP contribution is -2.44. The maximum absolute atomic E-state index is 12.0. The van der Waals surface area contributed by atoms with Crippen LogP contribution in [0.5, 0.6) is 0 Å². The summed E-state index contributed by atoms with van der Waals surface area (Å²) in [5.74, 6) is -0.0615. The number of anilines is 1. The lowest BCUT2D eigenvalue weighted by molar-refractivity contribution is 0.0962. The van der Waals surface area contributed by atoms with E-state index in [9.17, 15) is 4.79 Å². The molecule has 0 aromatic carbocycles. The number of aromatic nitrogens is 1. The fourth-order valence-corrected chi connectivity index (χ4v) is 2.37. The summed E-state index contributed by atoms with van der Waals surface area (Å²) in [5, 5.41) is 6.02. The second kappa shape index (κ2) is 5.35. The van der Waals surface area contributed by atoms with Crippen LogP contribution in [-0.4, -0.2) is 44.1 Å². The van der Waals surface area contributed by atoms with Crippen LogP contribution in [0.2, 0.25) is 0 Å². The average Bonchev–Trinajstić information content (AvgIpc) is 2.38. The Bertz CT molecular complexity index is 453. The highest BCUT2D eigenvalue weighted by atomic mass is 16.1. The van der Waals surface area contributed by atoms with E-state index in [1.54, 1.807) is 7.05 Å². The summed E-state index contributed by atoms with van der Waals surface area (Å²) in [6, 6.07) is 2.00. The van der Waals surface area contributed by atoms with Crippen LogP contribution >= 0.6 is 0 Å². The van der Waals surface area contributed by atoms with Crippen LogP contribution in [0.4, 0.5) is 5.69 Å². The largest absolute Gasteiger partial charge is 0.368 e. The van der Waals surface area contributed by atoms with Gasteiger partial charge in [-0.2, -0.15) is 0 Å². The van der Waals surface area contributed by atoms with Gasteiger partial charge in [0.1, 0.15) is 0 Å². The van der Waals surface area contributed by atoms with Gasteiger partial charge >= 0.3 is 0 Å². The van der Waals surface area contributed by atoms with E-state index in [-0.39, 0.29) is 5.91 Å². The normalized spacial score (nSPS) is 15.6. The molecule has 1 aliphatic heterocycles. The topological polar surface area (TPSA) is 57.3 Å². The molecule has 0 aliphatic carbocycles. The van der Waals surface area contributed by atoms with Crippen LogP contribution in [-0.2, 0) is 0 Å². The monoisotopic (exact) mass is 248 g/mol. The molecule has 0 saturated carbocycles. The first-order chi connectivity index (χ1) is 8.63. The third-order valence-corrected chi connectivity index (χ3v) is 3.22. The van der Waals surface area contributed by atoms with Crippen LogP contribution in [0.1, 0.15) is 21.7 Å². The second-order valence-electron chi connectivity index (χ2n) is 4.56. The summed E-state index contributed by atoms with van der Waals surface area (Å²) in [5.41, 5.74) is 3.45. The molecule has 1 amide bonds. The van der Waals surface area contributed by atoms with Crippen LogP contribution < -0.4 is 15.5 Å². The van der Waals surface area contributed by atoms with Crippen molar-refractivity contribution >= 4 is 11.6 Å². The number of carbonyl (C=O) groups is 1. The number of hydrogen-bond acceptors (Lipinski definition) is 4. The van der Waals surface area contributed by atoms with Gasteiger partial charge in [0.25, 0.3) is 5.91 Å². The van der Waals surface area contributed by atoms with Gasteiger partial charge in [-0.05, 0) is 19.9 Å². The standard InChI is InChI=1S/C13H20N4O/c1-9-8-11(17-6-4-15-5-7-17)12(10(2)16-9)13(18)14-3/h8,15H,4-7H2,1-3H3,(H,14,18). The SMILES string of the molecule is CNC(=O)c1c(N2CCNCC2)cc(C)nc1C. The molecule has 2 N–H and O–H groups in total. The third kappa shape index (κ3) is 2.46. The second-order valence-corrected chi connectivity index (χ2v) is 4.56. The summed E-state index contributed by atoms with van der Waals surface area (Å²) in [6.45, 7) is 7.61. The molecule has 1 aliphatic rings. The highest BCUT2D eigenvalue weighted by Gasteiger charge is 2.20. The van der Waals surface area contributed by atoms with Gasteiger partial charge in [0, 0.05) is 38.9 Å². The molecule has 2 heterocycles. The van der Waals surface area contributed by atoms with Crippen LogP contribution in [0.15, 0.2) is 6.07 Å². The van der Waals surface area contributed by atoms with Gasteiger partial charge in [0.05, 0.1) is 16.9 Å².